The average Bonchev–Trinajstić information content (AvgIpc) is 3.19. The maximum absolute atomic E-state index is 7.00. The van der Waals surface area contributed by atoms with Gasteiger partial charge in [0, 0.05) is 91.1 Å². The quantitative estimate of drug-likeness (QED) is 0.156. The maximum Gasteiger partial charge on any atom is 0.118 e. The van der Waals surface area contributed by atoms with Crippen LogP contribution in [0.15, 0.2) is 91.0 Å². The number of piperazine rings is 2. The van der Waals surface area contributed by atoms with E-state index in [4.69, 9.17) is 9.84 Å². The number of halogens is 3. The van der Waals surface area contributed by atoms with Crippen molar-refractivity contribution < 1.29 is 28.4 Å². The van der Waals surface area contributed by atoms with Gasteiger partial charge in [-0.25, -0.2) is 0 Å². The summed E-state index contributed by atoms with van der Waals surface area (Å²) in [6.45, 7) is 27.8. The third-order valence-electron chi connectivity index (χ3n) is 6.67. The van der Waals surface area contributed by atoms with Crippen LogP contribution in [0.1, 0.15) is 66.5 Å². The van der Waals surface area contributed by atoms with E-state index in [0.29, 0.717) is 0 Å². The number of aliphatic hydroxyl groups is 1. The molecule has 52 heavy (non-hydrogen) atoms. The van der Waals surface area contributed by atoms with E-state index < -0.39 is 0 Å². The van der Waals surface area contributed by atoms with Crippen molar-refractivity contribution in [1.29, 1.82) is 0 Å². The van der Waals surface area contributed by atoms with Gasteiger partial charge < -0.3 is 27.1 Å². The number of para-hydroxylation sites is 1. The van der Waals surface area contributed by atoms with Crippen LogP contribution in [0, 0.1) is 7.43 Å². The molecule has 0 atom stereocenters. The number of likely N-dealkylation sites (N-methyl/N-ethyl adjacent to an activating group) is 2. The largest absolute Gasteiger partial charge is 0.497 e. The summed E-state index contributed by atoms with van der Waals surface area (Å²) >= 11 is 6.95. The molecule has 0 amide bonds. The van der Waals surface area contributed by atoms with Crippen molar-refractivity contribution in [2.24, 2.45) is 0 Å². The van der Waals surface area contributed by atoms with Crippen LogP contribution >= 0.6 is 67.8 Å². The molecule has 2 aliphatic heterocycles. The minimum Gasteiger partial charge on any atom is -0.497 e. The normalized spacial score (nSPS) is 13.2. The minimum atomic E-state index is 0. The number of rotatable bonds is 5. The summed E-state index contributed by atoms with van der Waals surface area (Å²) in [4.78, 5) is 9.83. The van der Waals surface area contributed by atoms with Crippen LogP contribution in [0.4, 0.5) is 0 Å². The van der Waals surface area contributed by atoms with Gasteiger partial charge in [-0.05, 0) is 37.4 Å². The summed E-state index contributed by atoms with van der Waals surface area (Å²) < 4.78 is 5.66. The summed E-state index contributed by atoms with van der Waals surface area (Å²) in [7, 11) is 7.05. The standard InChI is InChI=1S/2C12H18N2.C7H8O.4C2H6.CHI3.CH4O.CH3.V/c2*1-13-7-9-14(10-8-13)11-12-5-3-2-4-6-12;1-8-7-5-3-2-4-6-7;4*1-2;2-1(3)4;1-2;;/h2*2-6H,7-11H2,1H3;2-6H,1H3;4*1-2H3;1H;2H,1H3;1H3;/q;;;;;;;;;-1;. The van der Waals surface area contributed by atoms with Crippen molar-refractivity contribution in [3.05, 3.63) is 110 Å². The third-order valence-corrected chi connectivity index (χ3v) is 6.67. The van der Waals surface area contributed by atoms with E-state index >= 15 is 0 Å². The van der Waals surface area contributed by atoms with E-state index in [2.05, 4.69) is 162 Å². The Bertz CT molecular complexity index is 936. The second-order valence-corrected chi connectivity index (χ2v) is 20.8. The van der Waals surface area contributed by atoms with Crippen molar-refractivity contribution in [3.8, 4) is 5.75 Å². The van der Waals surface area contributed by atoms with Gasteiger partial charge in [0.25, 0.3) is 0 Å². The Morgan fingerprint density at radius 3 is 0.962 bits per heavy atom. The van der Waals surface area contributed by atoms with Gasteiger partial charge in [-0.1, -0.05) is 202 Å². The van der Waals surface area contributed by atoms with Crippen LogP contribution in [0.3, 0.4) is 0 Å². The first-order chi connectivity index (χ1) is 24.4. The molecule has 6 nitrogen and oxygen atoms in total. The smallest absolute Gasteiger partial charge is 0.118 e. The van der Waals surface area contributed by atoms with Gasteiger partial charge in [0.15, 0.2) is 0 Å². The maximum atomic E-state index is 7.00. The Labute approximate surface area is 376 Å². The van der Waals surface area contributed by atoms with Crippen molar-refractivity contribution >= 4 is 67.8 Å². The molecule has 3 aromatic carbocycles. The summed E-state index contributed by atoms with van der Waals surface area (Å²) in [6.07, 6.45) is 0. The number of ether oxygens (including phenoxy) is 1. The number of benzene rings is 3. The molecule has 5 rings (SSSR count). The van der Waals surface area contributed by atoms with E-state index in [9.17, 15) is 0 Å². The average molecular weight is 1100 g/mol. The molecule has 10 heteroatoms. The molecule has 0 aromatic heterocycles. The van der Waals surface area contributed by atoms with E-state index in [1.54, 1.807) is 7.11 Å². The fourth-order valence-electron chi connectivity index (χ4n) is 4.25. The predicted molar refractivity (Wildman–Crippen MR) is 257 cm³/mol. The molecule has 0 spiro atoms. The Kier molecular flexibility index (Phi) is 62.8. The summed E-state index contributed by atoms with van der Waals surface area (Å²) in [5.74, 6) is 0.910. The number of nitrogens with zero attached hydrogens (tertiary/aromatic N) is 4. The van der Waals surface area contributed by atoms with Crippen LogP contribution < -0.4 is 4.74 Å². The molecule has 1 N–H and O–H groups in total. The number of aliphatic hydroxyl groups excluding tert-OH is 1. The summed E-state index contributed by atoms with van der Waals surface area (Å²) in [5, 5.41) is 7.00. The van der Waals surface area contributed by atoms with Gasteiger partial charge in [-0.15, -0.1) is 0 Å². The van der Waals surface area contributed by atoms with E-state index in [-0.39, 0.29) is 26.0 Å². The monoisotopic (exact) mass is 1100 g/mol. The van der Waals surface area contributed by atoms with Gasteiger partial charge in [0.1, 0.15) is 5.69 Å². The molecule has 0 bridgehead atoms. The van der Waals surface area contributed by atoms with Crippen molar-refractivity contribution in [1.82, 2.24) is 19.6 Å². The Morgan fingerprint density at radius 1 is 0.519 bits per heavy atom. The molecule has 303 valence electrons. The zero-order chi connectivity index (χ0) is 39.0. The zero-order valence-corrected chi connectivity index (χ0v) is 42.9. The second kappa shape index (κ2) is 51.0. The van der Waals surface area contributed by atoms with Gasteiger partial charge >= 0.3 is 0 Å². The predicted octanol–water partition coefficient (Wildman–Crippen LogP) is 11.3. The fraction of sp³-hybridized carbons (Fsp3) is 0.548. The van der Waals surface area contributed by atoms with Gasteiger partial charge in [-0.2, -0.15) is 0 Å². The first-order valence-corrected chi connectivity index (χ1v) is 21.9. The molecule has 2 aliphatic rings. The molecule has 2 saturated heterocycles. The van der Waals surface area contributed by atoms with E-state index in [1.807, 2.05) is 85.7 Å². The van der Waals surface area contributed by atoms with Gasteiger partial charge in [-0.3, -0.25) is 9.80 Å². The van der Waals surface area contributed by atoms with Crippen molar-refractivity contribution in [2.45, 2.75) is 68.4 Å². The van der Waals surface area contributed by atoms with Crippen LogP contribution in [-0.4, -0.2) is 105 Å². The van der Waals surface area contributed by atoms with Gasteiger partial charge in [0.05, 0.1) is 7.11 Å². The molecule has 0 saturated carbocycles. The van der Waals surface area contributed by atoms with Crippen LogP contribution in [0.25, 0.3) is 0 Å². The molecule has 0 unspecified atom stereocenters. The Morgan fingerprint density at radius 2 is 0.750 bits per heavy atom. The van der Waals surface area contributed by atoms with Crippen LogP contribution in [-0.2, 0) is 31.6 Å². The minimum absolute atomic E-state index is 0. The molecule has 2 fully saturated rings. The van der Waals surface area contributed by atoms with E-state index in [0.717, 1.165) is 25.9 Å². The second-order valence-electron chi connectivity index (χ2n) is 9.89. The van der Waals surface area contributed by atoms with Gasteiger partial charge in [0.2, 0.25) is 0 Å². The van der Waals surface area contributed by atoms with Crippen LogP contribution in [0.2, 0.25) is 0 Å². The SMILES string of the molecule is CC.CC.CC.CC.CN1CCN(Cc2ccccc2)CC1.CN1CCN(Cc2ccccc2)CC1.CO.COc1ccccc1.IC(I)I.[CH3-].[V]. The zero-order valence-electron chi connectivity index (χ0n) is 35.0. The molecular formula is C42H76I3N4O2V-. The van der Waals surface area contributed by atoms with E-state index in [1.165, 1.54) is 63.5 Å². The topological polar surface area (TPSA) is 42.4 Å². The molecule has 0 aliphatic carbocycles. The van der Waals surface area contributed by atoms with Crippen molar-refractivity contribution in [2.75, 3.05) is 80.7 Å². The summed E-state index contributed by atoms with van der Waals surface area (Å²) in [5.41, 5.74) is 2.86. The third kappa shape index (κ3) is 41.2. The van der Waals surface area contributed by atoms with Crippen LogP contribution in [0.5, 0.6) is 5.75 Å². The fourth-order valence-corrected chi connectivity index (χ4v) is 4.25. The summed E-state index contributed by atoms with van der Waals surface area (Å²) in [6, 6.07) is 31.1. The molecule has 2 heterocycles. The first kappa shape index (κ1) is 64.0. The van der Waals surface area contributed by atoms with Crippen molar-refractivity contribution in [3.63, 3.8) is 0 Å². The number of methoxy groups -OCH3 is 1. The first-order valence-electron chi connectivity index (χ1n) is 18.2. The Hall–Kier alpha value is 0.0344. The number of hydrogen-bond donors (Lipinski definition) is 1. The molecule has 3 aromatic rings. The molecule has 1 radical (unpaired) electrons. The number of alkyl halides is 3. The number of hydrogen-bond acceptors (Lipinski definition) is 6. The Balaban J connectivity index is -0.000000130. The molecular weight excluding hydrogens is 1020 g/mol.